The Kier molecular flexibility index (Phi) is 6.41. The molecule has 1 saturated heterocycles. The van der Waals surface area contributed by atoms with Crippen LogP contribution in [-0.2, 0) is 10.0 Å². The summed E-state index contributed by atoms with van der Waals surface area (Å²) in [5.74, 6) is 0.312. The van der Waals surface area contributed by atoms with Crippen LogP contribution in [0, 0.1) is 0 Å². The van der Waals surface area contributed by atoms with Gasteiger partial charge in [-0.1, -0.05) is 23.2 Å². The normalized spacial score (nSPS) is 18.5. The average Bonchev–Trinajstić information content (AvgIpc) is 3.13. The highest BCUT2D eigenvalue weighted by Crippen LogP contribution is 2.31. The van der Waals surface area contributed by atoms with E-state index in [-0.39, 0.29) is 32.6 Å². The molecule has 7 nitrogen and oxygen atoms in total. The fourth-order valence-electron chi connectivity index (χ4n) is 3.62. The molecule has 0 radical (unpaired) electrons. The summed E-state index contributed by atoms with van der Waals surface area (Å²) in [6.07, 6.45) is 5.40. The Balaban J connectivity index is 1.53. The van der Waals surface area contributed by atoms with Crippen molar-refractivity contribution in [2.24, 2.45) is 0 Å². The first-order valence-electron chi connectivity index (χ1n) is 9.92. The highest BCUT2D eigenvalue weighted by molar-refractivity contribution is 7.89. The maximum absolute atomic E-state index is 12.9. The van der Waals surface area contributed by atoms with Gasteiger partial charge in [-0.25, -0.2) is 13.1 Å². The lowest BCUT2D eigenvalue weighted by atomic mass is 10.1. The summed E-state index contributed by atoms with van der Waals surface area (Å²) in [4.78, 5) is 15.0. The number of amides is 1. The fourth-order valence-corrected chi connectivity index (χ4v) is 5.79. The molecular weight excluding hydrogens is 449 g/mol. The van der Waals surface area contributed by atoms with Crippen LogP contribution in [-0.4, -0.2) is 44.9 Å². The summed E-state index contributed by atoms with van der Waals surface area (Å²) in [7, 11) is -3.82. The highest BCUT2D eigenvalue weighted by atomic mass is 35.5. The van der Waals surface area contributed by atoms with E-state index >= 15 is 0 Å². The van der Waals surface area contributed by atoms with Crippen molar-refractivity contribution in [3.05, 3.63) is 51.9 Å². The molecule has 4 rings (SSSR count). The number of halogens is 2. The van der Waals surface area contributed by atoms with Crippen LogP contribution in [0.4, 0.5) is 0 Å². The van der Waals surface area contributed by atoms with Crippen LogP contribution in [0.1, 0.15) is 47.8 Å². The Bertz CT molecular complexity index is 1020. The lowest BCUT2D eigenvalue weighted by molar-refractivity contribution is 0.0933. The predicted octanol–water partition coefficient (Wildman–Crippen LogP) is 3.59. The summed E-state index contributed by atoms with van der Waals surface area (Å²) < 4.78 is 33.3. The van der Waals surface area contributed by atoms with E-state index in [0.29, 0.717) is 6.54 Å². The molecular formula is C20H23Cl2N3O4S. The maximum atomic E-state index is 12.9. The molecule has 2 fully saturated rings. The van der Waals surface area contributed by atoms with E-state index in [4.69, 9.17) is 27.6 Å². The molecule has 1 aromatic heterocycles. The van der Waals surface area contributed by atoms with Crippen LogP contribution in [0.15, 0.2) is 39.8 Å². The molecule has 162 valence electrons. The summed E-state index contributed by atoms with van der Waals surface area (Å²) in [5, 5.41) is 2.95. The van der Waals surface area contributed by atoms with Gasteiger partial charge in [0.15, 0.2) is 0 Å². The second-order valence-electron chi connectivity index (χ2n) is 7.64. The van der Waals surface area contributed by atoms with Crippen molar-refractivity contribution in [3.63, 3.8) is 0 Å². The Hall–Kier alpha value is -1.58. The SMILES string of the molecule is O=C(NC[C@@H](c1ccco1)N1CCCC1)c1cc(S(=O)(=O)NC2CC2)c(Cl)cc1Cl. The maximum Gasteiger partial charge on any atom is 0.252 e. The smallest absolute Gasteiger partial charge is 0.252 e. The Morgan fingerprint density at radius 2 is 1.93 bits per heavy atom. The molecule has 2 N–H and O–H groups in total. The van der Waals surface area contributed by atoms with Crippen LogP contribution in [0.2, 0.25) is 10.0 Å². The third kappa shape index (κ3) is 4.84. The third-order valence-electron chi connectivity index (χ3n) is 5.36. The van der Waals surface area contributed by atoms with E-state index in [1.807, 2.05) is 12.1 Å². The fraction of sp³-hybridized carbons (Fsp3) is 0.450. The topological polar surface area (TPSA) is 91.7 Å². The Morgan fingerprint density at radius 3 is 2.57 bits per heavy atom. The number of hydrogen-bond donors (Lipinski definition) is 2. The lowest BCUT2D eigenvalue weighted by Crippen LogP contribution is -2.36. The van der Waals surface area contributed by atoms with Crippen LogP contribution in [0.5, 0.6) is 0 Å². The first-order chi connectivity index (χ1) is 14.3. The zero-order chi connectivity index (χ0) is 21.3. The van der Waals surface area contributed by atoms with Gasteiger partial charge in [0.25, 0.3) is 5.91 Å². The average molecular weight is 472 g/mol. The minimum Gasteiger partial charge on any atom is -0.468 e. The van der Waals surface area contributed by atoms with Gasteiger partial charge in [0.1, 0.15) is 10.7 Å². The minimum absolute atomic E-state index is 0.0183. The number of hydrogen-bond acceptors (Lipinski definition) is 5. The number of sulfonamides is 1. The summed E-state index contributed by atoms with van der Waals surface area (Å²) in [6, 6.07) is 6.07. The summed E-state index contributed by atoms with van der Waals surface area (Å²) in [6.45, 7) is 2.17. The first kappa shape index (κ1) is 21.6. The zero-order valence-electron chi connectivity index (χ0n) is 16.2. The molecule has 0 unspecified atom stereocenters. The zero-order valence-corrected chi connectivity index (χ0v) is 18.6. The number of rotatable bonds is 8. The molecule has 2 aliphatic rings. The van der Waals surface area contributed by atoms with Gasteiger partial charge >= 0.3 is 0 Å². The number of nitrogens with one attached hydrogen (secondary N) is 2. The number of nitrogens with zero attached hydrogens (tertiary/aromatic N) is 1. The quantitative estimate of drug-likeness (QED) is 0.613. The van der Waals surface area contributed by atoms with E-state index in [0.717, 1.165) is 44.5 Å². The van der Waals surface area contributed by atoms with Gasteiger partial charge < -0.3 is 9.73 Å². The van der Waals surface area contributed by atoms with E-state index < -0.39 is 15.9 Å². The van der Waals surface area contributed by atoms with Gasteiger partial charge in [0, 0.05) is 12.6 Å². The number of benzene rings is 1. The number of furan rings is 1. The van der Waals surface area contributed by atoms with Crippen molar-refractivity contribution in [3.8, 4) is 0 Å². The number of carbonyl (C=O) groups is 1. The number of carbonyl (C=O) groups excluding carboxylic acids is 1. The summed E-state index contributed by atoms with van der Waals surface area (Å²) in [5.41, 5.74) is 0.0665. The second kappa shape index (κ2) is 8.88. The Morgan fingerprint density at radius 1 is 1.20 bits per heavy atom. The van der Waals surface area contributed by atoms with Crippen molar-refractivity contribution in [2.75, 3.05) is 19.6 Å². The predicted molar refractivity (Wildman–Crippen MR) is 114 cm³/mol. The number of likely N-dealkylation sites (tertiary alicyclic amines) is 1. The van der Waals surface area contributed by atoms with Crippen LogP contribution < -0.4 is 10.0 Å². The highest BCUT2D eigenvalue weighted by Gasteiger charge is 2.31. The van der Waals surface area contributed by atoms with Crippen molar-refractivity contribution >= 4 is 39.1 Å². The van der Waals surface area contributed by atoms with Crippen molar-refractivity contribution < 1.29 is 17.6 Å². The van der Waals surface area contributed by atoms with Crippen LogP contribution in [0.25, 0.3) is 0 Å². The first-order valence-corrected chi connectivity index (χ1v) is 12.2. The van der Waals surface area contributed by atoms with Crippen LogP contribution >= 0.6 is 23.2 Å². The van der Waals surface area contributed by atoms with E-state index in [9.17, 15) is 13.2 Å². The molecule has 2 heterocycles. The standard InChI is InChI=1S/C20H23Cl2N3O4S/c21-15-11-16(22)19(30(27,28)24-13-5-6-13)10-14(15)20(26)23-12-17(18-4-3-9-29-18)25-7-1-2-8-25/h3-4,9-11,13,17,24H,1-2,5-8,12H2,(H,23,26)/t17-/m0/s1. The van der Waals surface area contributed by atoms with Crippen molar-refractivity contribution in [1.82, 2.24) is 14.9 Å². The largest absolute Gasteiger partial charge is 0.468 e. The van der Waals surface area contributed by atoms with Crippen molar-refractivity contribution in [1.29, 1.82) is 0 Å². The molecule has 1 atom stereocenters. The molecule has 1 aromatic carbocycles. The van der Waals surface area contributed by atoms with Gasteiger partial charge in [-0.2, -0.15) is 0 Å². The van der Waals surface area contributed by atoms with Crippen LogP contribution in [0.3, 0.4) is 0 Å². The van der Waals surface area contributed by atoms with Gasteiger partial charge in [-0.15, -0.1) is 0 Å². The van der Waals surface area contributed by atoms with Gasteiger partial charge in [-0.3, -0.25) is 9.69 Å². The molecule has 2 aromatic rings. The van der Waals surface area contributed by atoms with Crippen molar-refractivity contribution in [2.45, 2.75) is 42.7 Å². The molecule has 30 heavy (non-hydrogen) atoms. The van der Waals surface area contributed by atoms with E-state index in [1.54, 1.807) is 6.26 Å². The van der Waals surface area contributed by atoms with E-state index in [2.05, 4.69) is 14.9 Å². The molecule has 10 heteroatoms. The van der Waals surface area contributed by atoms with E-state index in [1.165, 1.54) is 12.1 Å². The monoisotopic (exact) mass is 471 g/mol. The lowest BCUT2D eigenvalue weighted by Gasteiger charge is -2.26. The summed E-state index contributed by atoms with van der Waals surface area (Å²) >= 11 is 12.3. The Labute approximate surface area is 185 Å². The molecule has 0 bridgehead atoms. The van der Waals surface area contributed by atoms with Gasteiger partial charge in [-0.05, 0) is 63.0 Å². The van der Waals surface area contributed by atoms with Gasteiger partial charge in [0.2, 0.25) is 10.0 Å². The molecule has 1 saturated carbocycles. The molecule has 1 amide bonds. The second-order valence-corrected chi connectivity index (χ2v) is 10.1. The van der Waals surface area contributed by atoms with Gasteiger partial charge in [0.05, 0.1) is 27.9 Å². The molecule has 0 spiro atoms. The third-order valence-corrected chi connectivity index (χ3v) is 7.66. The molecule has 1 aliphatic carbocycles. The molecule has 1 aliphatic heterocycles. The minimum atomic E-state index is -3.82.